The summed E-state index contributed by atoms with van der Waals surface area (Å²) in [7, 11) is 0. The van der Waals surface area contributed by atoms with Gasteiger partial charge in [-0.2, -0.15) is 18.2 Å². The number of nitrogens with zero attached hydrogens (tertiary/aromatic N) is 4. The number of likely N-dealkylation sites (tertiary alicyclic amines) is 1. The van der Waals surface area contributed by atoms with E-state index in [1.807, 2.05) is 12.1 Å². The van der Waals surface area contributed by atoms with Crippen LogP contribution in [0.25, 0.3) is 11.5 Å². The summed E-state index contributed by atoms with van der Waals surface area (Å²) in [6.45, 7) is 2.92. The number of carbonyl (C=O) groups is 1. The van der Waals surface area contributed by atoms with Crippen molar-refractivity contribution >= 4 is 17.5 Å². The second-order valence-electron chi connectivity index (χ2n) is 9.38. The summed E-state index contributed by atoms with van der Waals surface area (Å²) in [6, 6.07) is 16.6. The summed E-state index contributed by atoms with van der Waals surface area (Å²) in [5.74, 6) is 0.855. The number of hydrogen-bond donors (Lipinski definition) is 0. The minimum Gasteiger partial charge on any atom is -0.477 e. The highest BCUT2D eigenvalue weighted by molar-refractivity contribution is 6.30. The van der Waals surface area contributed by atoms with E-state index in [0.717, 1.165) is 23.4 Å². The molecule has 2 unspecified atom stereocenters. The third-order valence-corrected chi connectivity index (χ3v) is 7.01. The van der Waals surface area contributed by atoms with Gasteiger partial charge in [-0.25, -0.2) is 4.98 Å². The number of piperidine rings is 1. The fourth-order valence-corrected chi connectivity index (χ4v) is 4.78. The summed E-state index contributed by atoms with van der Waals surface area (Å²) in [5.41, 5.74) is 1.42. The van der Waals surface area contributed by atoms with Crippen molar-refractivity contribution in [2.45, 2.75) is 25.4 Å². The lowest BCUT2D eigenvalue weighted by atomic mass is 9.81. The Morgan fingerprint density at radius 2 is 1.85 bits per heavy atom. The van der Waals surface area contributed by atoms with E-state index in [9.17, 15) is 18.0 Å². The Balaban J connectivity index is 1.30. The van der Waals surface area contributed by atoms with Crippen LogP contribution < -0.4 is 4.74 Å². The molecule has 0 aliphatic carbocycles. The lowest BCUT2D eigenvalue weighted by Crippen LogP contribution is -2.44. The summed E-state index contributed by atoms with van der Waals surface area (Å²) in [4.78, 5) is 23.2. The molecule has 1 saturated heterocycles. The van der Waals surface area contributed by atoms with E-state index in [1.54, 1.807) is 48.2 Å². The van der Waals surface area contributed by atoms with Crippen molar-refractivity contribution < 1.29 is 27.2 Å². The van der Waals surface area contributed by atoms with Crippen LogP contribution in [0.4, 0.5) is 13.2 Å². The molecule has 202 valence electrons. The maximum Gasteiger partial charge on any atom is 0.417 e. The van der Waals surface area contributed by atoms with E-state index in [-0.39, 0.29) is 30.2 Å². The first-order valence-electron chi connectivity index (χ1n) is 12.3. The molecule has 2 atom stereocenters. The molecule has 1 aliphatic rings. The average molecular weight is 557 g/mol. The highest BCUT2D eigenvalue weighted by Crippen LogP contribution is 2.35. The number of aryl methyl sites for hydroxylation is 1. The largest absolute Gasteiger partial charge is 0.477 e. The number of benzene rings is 2. The van der Waals surface area contributed by atoms with Crippen LogP contribution in [0.1, 0.15) is 39.6 Å². The molecule has 2 aromatic carbocycles. The molecular formula is C28H24ClF3N4O3. The van der Waals surface area contributed by atoms with Crippen LogP contribution in [0.2, 0.25) is 5.02 Å². The molecule has 1 fully saturated rings. The van der Waals surface area contributed by atoms with Gasteiger partial charge in [0, 0.05) is 53.3 Å². The number of carbonyl (C=O) groups excluding carboxylic acids is 1. The van der Waals surface area contributed by atoms with Gasteiger partial charge in [-0.15, -0.1) is 0 Å². The normalized spacial score (nSPS) is 17.7. The van der Waals surface area contributed by atoms with Gasteiger partial charge in [0.1, 0.15) is 0 Å². The number of rotatable bonds is 6. The van der Waals surface area contributed by atoms with Crippen LogP contribution in [0.15, 0.2) is 71.4 Å². The SMILES string of the molecule is Cc1noc(-c2ccc(C(=O)N3CCC(COc4ccc(C(F)(F)F)cn4)C(c4ccc(Cl)cc4)C3)cc2)n1. The lowest BCUT2D eigenvalue weighted by molar-refractivity contribution is -0.137. The van der Waals surface area contributed by atoms with Crippen LogP contribution in [-0.2, 0) is 6.18 Å². The Kier molecular flexibility index (Phi) is 7.56. The first kappa shape index (κ1) is 26.7. The molecule has 11 heteroatoms. The Morgan fingerprint density at radius 1 is 1.10 bits per heavy atom. The van der Waals surface area contributed by atoms with Crippen LogP contribution >= 0.6 is 11.6 Å². The highest BCUT2D eigenvalue weighted by Gasteiger charge is 2.34. The molecule has 7 nitrogen and oxygen atoms in total. The third-order valence-electron chi connectivity index (χ3n) is 6.76. The molecule has 1 aliphatic heterocycles. The smallest absolute Gasteiger partial charge is 0.417 e. The number of amides is 1. The van der Waals surface area contributed by atoms with E-state index in [4.69, 9.17) is 20.9 Å². The summed E-state index contributed by atoms with van der Waals surface area (Å²) in [5, 5.41) is 4.39. The van der Waals surface area contributed by atoms with E-state index in [1.165, 1.54) is 6.07 Å². The molecule has 0 saturated carbocycles. The van der Waals surface area contributed by atoms with Crippen molar-refractivity contribution in [1.29, 1.82) is 0 Å². The van der Waals surface area contributed by atoms with Gasteiger partial charge in [-0.1, -0.05) is 28.9 Å². The maximum atomic E-state index is 13.4. The third kappa shape index (κ3) is 6.22. The average Bonchev–Trinajstić information content (AvgIpc) is 3.38. The molecule has 2 aromatic heterocycles. The standard InChI is InChI=1S/C28H24ClF3N4O3/c1-17-34-26(39-35-17)19-2-4-20(5-3-19)27(37)36-13-12-21(24(15-36)18-6-9-23(29)10-7-18)16-38-25-11-8-22(14-33-25)28(30,31)32/h2-11,14,21,24H,12-13,15-16H2,1H3. The van der Waals surface area contributed by atoms with Crippen LogP contribution in [-0.4, -0.2) is 45.6 Å². The number of hydrogen-bond acceptors (Lipinski definition) is 6. The molecule has 5 rings (SSSR count). The number of alkyl halides is 3. The summed E-state index contributed by atoms with van der Waals surface area (Å²) >= 11 is 6.10. The minimum absolute atomic E-state index is 0.00228. The molecule has 0 N–H and O–H groups in total. The molecule has 0 radical (unpaired) electrons. The molecule has 3 heterocycles. The van der Waals surface area contributed by atoms with Gasteiger partial charge in [-0.05, 0) is 61.4 Å². The van der Waals surface area contributed by atoms with Crippen molar-refractivity contribution in [1.82, 2.24) is 20.0 Å². The molecule has 1 amide bonds. The van der Waals surface area contributed by atoms with E-state index in [0.29, 0.717) is 41.8 Å². The molecule has 0 bridgehead atoms. The minimum atomic E-state index is -4.46. The van der Waals surface area contributed by atoms with Crippen molar-refractivity contribution in [3.63, 3.8) is 0 Å². The first-order valence-corrected chi connectivity index (χ1v) is 12.7. The zero-order valence-corrected chi connectivity index (χ0v) is 21.6. The number of ether oxygens (including phenoxy) is 1. The van der Waals surface area contributed by atoms with Gasteiger partial charge in [0.2, 0.25) is 5.88 Å². The highest BCUT2D eigenvalue weighted by atomic mass is 35.5. The Labute approximate surface area is 227 Å². The topological polar surface area (TPSA) is 81.4 Å². The van der Waals surface area contributed by atoms with Crippen LogP contribution in [0.3, 0.4) is 0 Å². The maximum absolute atomic E-state index is 13.4. The van der Waals surface area contributed by atoms with Gasteiger partial charge >= 0.3 is 6.18 Å². The van der Waals surface area contributed by atoms with Crippen molar-refractivity contribution in [2.75, 3.05) is 19.7 Å². The van der Waals surface area contributed by atoms with Gasteiger partial charge < -0.3 is 14.2 Å². The fraction of sp³-hybridized carbons (Fsp3) is 0.286. The fourth-order valence-electron chi connectivity index (χ4n) is 4.65. The first-order chi connectivity index (χ1) is 18.7. The quantitative estimate of drug-likeness (QED) is 0.272. The number of halogens is 4. The van der Waals surface area contributed by atoms with Crippen molar-refractivity contribution in [3.05, 3.63) is 94.4 Å². The van der Waals surface area contributed by atoms with Gasteiger partial charge in [0.25, 0.3) is 11.8 Å². The van der Waals surface area contributed by atoms with E-state index >= 15 is 0 Å². The van der Waals surface area contributed by atoms with E-state index in [2.05, 4.69) is 15.1 Å². The summed E-state index contributed by atoms with van der Waals surface area (Å²) < 4.78 is 49.6. The van der Waals surface area contributed by atoms with Crippen LogP contribution in [0, 0.1) is 12.8 Å². The Morgan fingerprint density at radius 3 is 2.46 bits per heavy atom. The molecule has 0 spiro atoms. The van der Waals surface area contributed by atoms with Crippen molar-refractivity contribution in [3.8, 4) is 17.3 Å². The molecule has 39 heavy (non-hydrogen) atoms. The predicted octanol–water partition coefficient (Wildman–Crippen LogP) is 6.44. The van der Waals surface area contributed by atoms with Gasteiger partial charge in [0.05, 0.1) is 12.2 Å². The van der Waals surface area contributed by atoms with Gasteiger partial charge in [-0.3, -0.25) is 4.79 Å². The Bertz CT molecular complexity index is 1420. The van der Waals surface area contributed by atoms with E-state index < -0.39 is 11.7 Å². The molecular weight excluding hydrogens is 533 g/mol. The zero-order chi connectivity index (χ0) is 27.6. The monoisotopic (exact) mass is 556 g/mol. The van der Waals surface area contributed by atoms with Gasteiger partial charge in [0.15, 0.2) is 5.82 Å². The zero-order valence-electron chi connectivity index (χ0n) is 20.9. The summed E-state index contributed by atoms with van der Waals surface area (Å²) in [6.07, 6.45) is -3.06. The number of aromatic nitrogens is 3. The number of pyridine rings is 1. The molecule has 4 aromatic rings. The predicted molar refractivity (Wildman–Crippen MR) is 137 cm³/mol. The Hall–Kier alpha value is -3.92. The van der Waals surface area contributed by atoms with Crippen LogP contribution in [0.5, 0.6) is 5.88 Å². The second-order valence-corrected chi connectivity index (χ2v) is 9.81. The lowest BCUT2D eigenvalue weighted by Gasteiger charge is -2.39. The van der Waals surface area contributed by atoms with Crippen molar-refractivity contribution in [2.24, 2.45) is 5.92 Å². The second kappa shape index (κ2) is 11.1.